The van der Waals surface area contributed by atoms with Gasteiger partial charge in [0.15, 0.2) is 0 Å². The molecule has 0 saturated carbocycles. The molecule has 0 amide bonds. The van der Waals surface area contributed by atoms with Crippen LogP contribution in [0.25, 0.3) is 0 Å². The van der Waals surface area contributed by atoms with Crippen molar-refractivity contribution in [3.05, 3.63) is 29.3 Å². The molecule has 1 aromatic rings. The average molecular weight is 204 g/mol. The van der Waals surface area contributed by atoms with Crippen molar-refractivity contribution in [3.8, 4) is 0 Å². The summed E-state index contributed by atoms with van der Waals surface area (Å²) in [5.41, 5.74) is 10.1. The number of anilines is 1. The minimum absolute atomic E-state index is 0.190. The summed E-state index contributed by atoms with van der Waals surface area (Å²) >= 11 is 0. The zero-order valence-corrected chi connectivity index (χ0v) is 9.75. The Kier molecular flexibility index (Phi) is 2.70. The number of fused-ring (bicyclic) bond motifs is 1. The van der Waals surface area contributed by atoms with Crippen LogP contribution in [0.2, 0.25) is 0 Å². The Hall–Kier alpha value is -1.02. The third-order valence-electron chi connectivity index (χ3n) is 3.15. The number of rotatable bonds is 1. The minimum Gasteiger partial charge on any atom is -0.382 e. The first-order chi connectivity index (χ1) is 7.09. The predicted octanol–water partition coefficient (Wildman–Crippen LogP) is 3.01. The summed E-state index contributed by atoms with van der Waals surface area (Å²) in [4.78, 5) is 0. The Balaban J connectivity index is 2.49. The molecule has 0 bridgehead atoms. The van der Waals surface area contributed by atoms with Gasteiger partial charge >= 0.3 is 0 Å². The fraction of sp³-hybridized carbons (Fsp3) is 0.538. The molecule has 2 atom stereocenters. The van der Waals surface area contributed by atoms with Crippen LogP contribution in [0.3, 0.4) is 0 Å². The molecule has 2 rings (SSSR count). The summed E-state index contributed by atoms with van der Waals surface area (Å²) in [6, 6.07) is 7.12. The number of para-hydroxylation sites is 1. The minimum atomic E-state index is 0.190. The Labute approximate surface area is 91.9 Å². The molecule has 1 aliphatic heterocycles. The van der Waals surface area contributed by atoms with E-state index in [1.807, 2.05) is 0 Å². The van der Waals surface area contributed by atoms with Crippen LogP contribution in [0.1, 0.15) is 50.3 Å². The van der Waals surface area contributed by atoms with Gasteiger partial charge in [0, 0.05) is 17.8 Å². The Morgan fingerprint density at radius 1 is 1.40 bits per heavy atom. The maximum absolute atomic E-state index is 6.17. The highest BCUT2D eigenvalue weighted by molar-refractivity contribution is 5.62. The summed E-state index contributed by atoms with van der Waals surface area (Å²) in [6.07, 6.45) is 1.02. The molecule has 1 aliphatic rings. The van der Waals surface area contributed by atoms with Gasteiger partial charge in [0.05, 0.1) is 0 Å². The first-order valence-corrected chi connectivity index (χ1v) is 5.74. The van der Waals surface area contributed by atoms with E-state index in [0.29, 0.717) is 12.0 Å². The number of hydrogen-bond acceptors (Lipinski definition) is 2. The first kappa shape index (κ1) is 10.5. The van der Waals surface area contributed by atoms with Crippen LogP contribution in [0.4, 0.5) is 5.69 Å². The van der Waals surface area contributed by atoms with Crippen molar-refractivity contribution in [1.82, 2.24) is 0 Å². The predicted molar refractivity (Wildman–Crippen MR) is 65.2 cm³/mol. The van der Waals surface area contributed by atoms with Crippen LogP contribution < -0.4 is 11.1 Å². The van der Waals surface area contributed by atoms with Gasteiger partial charge in [-0.05, 0) is 30.4 Å². The topological polar surface area (TPSA) is 38.0 Å². The Morgan fingerprint density at radius 3 is 2.80 bits per heavy atom. The molecule has 2 nitrogen and oxygen atoms in total. The summed E-state index contributed by atoms with van der Waals surface area (Å²) in [6.45, 7) is 6.64. The third-order valence-corrected chi connectivity index (χ3v) is 3.15. The second-order valence-electron chi connectivity index (χ2n) is 4.85. The van der Waals surface area contributed by atoms with Crippen molar-refractivity contribution in [2.45, 2.75) is 45.2 Å². The van der Waals surface area contributed by atoms with E-state index < -0.39 is 0 Å². The van der Waals surface area contributed by atoms with Crippen LogP contribution in [0.15, 0.2) is 18.2 Å². The second kappa shape index (κ2) is 3.86. The maximum Gasteiger partial charge on any atom is 0.0425 e. The molecule has 0 radical (unpaired) electrons. The average Bonchev–Trinajstić information content (AvgIpc) is 2.16. The molecule has 0 fully saturated rings. The Morgan fingerprint density at radius 2 is 2.13 bits per heavy atom. The monoisotopic (exact) mass is 204 g/mol. The van der Waals surface area contributed by atoms with Gasteiger partial charge in [0.1, 0.15) is 0 Å². The molecule has 15 heavy (non-hydrogen) atoms. The number of nitrogens with two attached hydrogens (primary N) is 1. The van der Waals surface area contributed by atoms with Crippen molar-refractivity contribution >= 4 is 5.69 Å². The lowest BCUT2D eigenvalue weighted by Crippen LogP contribution is -2.30. The Bertz CT molecular complexity index is 343. The SMILES string of the molecule is CC1CC(N)c2cccc(C(C)C)c2N1. The molecular weight excluding hydrogens is 184 g/mol. The maximum atomic E-state index is 6.17. The van der Waals surface area contributed by atoms with Gasteiger partial charge in [-0.25, -0.2) is 0 Å². The number of nitrogens with one attached hydrogen (secondary N) is 1. The van der Waals surface area contributed by atoms with E-state index in [1.165, 1.54) is 16.8 Å². The summed E-state index contributed by atoms with van der Waals surface area (Å²) in [7, 11) is 0. The third kappa shape index (κ3) is 1.86. The molecule has 2 heteroatoms. The van der Waals surface area contributed by atoms with Crippen LogP contribution in [-0.4, -0.2) is 6.04 Å². The molecule has 3 N–H and O–H groups in total. The van der Waals surface area contributed by atoms with Crippen molar-refractivity contribution in [1.29, 1.82) is 0 Å². The lowest BCUT2D eigenvalue weighted by atomic mass is 9.89. The second-order valence-corrected chi connectivity index (χ2v) is 4.85. The number of hydrogen-bond donors (Lipinski definition) is 2. The first-order valence-electron chi connectivity index (χ1n) is 5.74. The highest BCUT2D eigenvalue weighted by Gasteiger charge is 2.23. The number of benzene rings is 1. The van der Waals surface area contributed by atoms with Crippen molar-refractivity contribution < 1.29 is 0 Å². The summed E-state index contributed by atoms with van der Waals surface area (Å²) < 4.78 is 0. The van der Waals surface area contributed by atoms with E-state index in [0.717, 1.165) is 6.42 Å². The molecule has 0 aromatic heterocycles. The summed E-state index contributed by atoms with van der Waals surface area (Å²) in [5, 5.41) is 3.56. The smallest absolute Gasteiger partial charge is 0.0425 e. The zero-order chi connectivity index (χ0) is 11.0. The normalized spacial score (nSPS) is 24.9. The molecular formula is C13H20N2. The molecule has 0 spiro atoms. The molecule has 82 valence electrons. The van der Waals surface area contributed by atoms with Gasteiger partial charge in [0.2, 0.25) is 0 Å². The summed E-state index contributed by atoms with van der Waals surface area (Å²) in [5.74, 6) is 0.546. The lowest BCUT2D eigenvalue weighted by molar-refractivity contribution is 0.568. The highest BCUT2D eigenvalue weighted by Crippen LogP contribution is 2.36. The van der Waals surface area contributed by atoms with E-state index in [-0.39, 0.29) is 6.04 Å². The fourth-order valence-electron chi connectivity index (χ4n) is 2.36. The fourth-order valence-corrected chi connectivity index (χ4v) is 2.36. The van der Waals surface area contributed by atoms with E-state index in [2.05, 4.69) is 44.3 Å². The van der Waals surface area contributed by atoms with Crippen LogP contribution in [0.5, 0.6) is 0 Å². The molecule has 0 saturated heterocycles. The molecule has 2 unspecified atom stereocenters. The van der Waals surface area contributed by atoms with E-state index in [1.54, 1.807) is 0 Å². The zero-order valence-electron chi connectivity index (χ0n) is 9.75. The van der Waals surface area contributed by atoms with E-state index in [4.69, 9.17) is 5.73 Å². The molecule has 1 aromatic carbocycles. The van der Waals surface area contributed by atoms with Gasteiger partial charge < -0.3 is 11.1 Å². The van der Waals surface area contributed by atoms with Crippen LogP contribution in [0, 0.1) is 0 Å². The van der Waals surface area contributed by atoms with E-state index in [9.17, 15) is 0 Å². The van der Waals surface area contributed by atoms with Gasteiger partial charge in [-0.3, -0.25) is 0 Å². The van der Waals surface area contributed by atoms with Gasteiger partial charge in [-0.15, -0.1) is 0 Å². The largest absolute Gasteiger partial charge is 0.382 e. The highest BCUT2D eigenvalue weighted by atomic mass is 14.9. The van der Waals surface area contributed by atoms with Crippen molar-refractivity contribution in [3.63, 3.8) is 0 Å². The lowest BCUT2D eigenvalue weighted by Gasteiger charge is -2.31. The van der Waals surface area contributed by atoms with E-state index >= 15 is 0 Å². The molecule has 1 heterocycles. The van der Waals surface area contributed by atoms with Crippen molar-refractivity contribution in [2.24, 2.45) is 5.73 Å². The standard InChI is InChI=1S/C13H20N2/c1-8(2)10-5-4-6-11-12(14)7-9(3)15-13(10)11/h4-6,8-9,12,15H,7,14H2,1-3H3. The van der Waals surface area contributed by atoms with Gasteiger partial charge in [0.25, 0.3) is 0 Å². The van der Waals surface area contributed by atoms with Gasteiger partial charge in [-0.2, -0.15) is 0 Å². The van der Waals surface area contributed by atoms with Gasteiger partial charge in [-0.1, -0.05) is 32.0 Å². The van der Waals surface area contributed by atoms with Crippen LogP contribution >= 0.6 is 0 Å². The quantitative estimate of drug-likeness (QED) is 0.738. The molecule has 0 aliphatic carbocycles. The van der Waals surface area contributed by atoms with Crippen LogP contribution in [-0.2, 0) is 0 Å². The van der Waals surface area contributed by atoms with Crippen molar-refractivity contribution in [2.75, 3.05) is 5.32 Å².